The quantitative estimate of drug-likeness (QED) is 0.681. The Morgan fingerprint density at radius 2 is 2.19 bits per heavy atom. The van der Waals surface area contributed by atoms with Crippen LogP contribution < -0.4 is 10.9 Å². The molecule has 3 N–H and O–H groups in total. The Labute approximate surface area is 152 Å². The third kappa shape index (κ3) is 3.25. The summed E-state index contributed by atoms with van der Waals surface area (Å²) < 4.78 is 0. The van der Waals surface area contributed by atoms with Crippen molar-refractivity contribution < 1.29 is 14.7 Å². The fraction of sp³-hybridized carbons (Fsp3) is 0.667. The first-order valence-corrected chi connectivity index (χ1v) is 9.20. The Morgan fingerprint density at radius 1 is 1.42 bits per heavy atom. The second-order valence-electron chi connectivity index (χ2n) is 7.24. The summed E-state index contributed by atoms with van der Waals surface area (Å²) >= 11 is 0. The van der Waals surface area contributed by atoms with Crippen molar-refractivity contribution in [2.75, 3.05) is 19.6 Å². The molecule has 3 heterocycles. The number of hydrogen-bond donors (Lipinski definition) is 3. The molecule has 0 saturated carbocycles. The highest BCUT2D eigenvalue weighted by Crippen LogP contribution is 2.37. The summed E-state index contributed by atoms with van der Waals surface area (Å²) in [6.45, 7) is 4.80. The lowest BCUT2D eigenvalue weighted by molar-refractivity contribution is -0.154. The van der Waals surface area contributed by atoms with E-state index < -0.39 is 11.5 Å². The molecule has 142 valence electrons. The highest BCUT2D eigenvalue weighted by atomic mass is 16.3. The Kier molecular flexibility index (Phi) is 5.13. The zero-order valence-corrected chi connectivity index (χ0v) is 15.3. The molecule has 3 rings (SSSR count). The smallest absolute Gasteiger partial charge is 0.254 e. The van der Waals surface area contributed by atoms with E-state index in [-0.39, 0.29) is 30.3 Å². The van der Waals surface area contributed by atoms with Crippen LogP contribution in [-0.4, -0.2) is 57.5 Å². The number of nitrogens with one attached hydrogen (secondary N) is 2. The number of hydrogen-bond acceptors (Lipinski definition) is 5. The van der Waals surface area contributed by atoms with E-state index >= 15 is 0 Å². The molecule has 1 aromatic rings. The average molecular weight is 362 g/mol. The number of amides is 2. The number of likely N-dealkylation sites (tertiary alicyclic amines) is 1. The standard InChI is InChI=1S/C18H26N4O4/c1-3-14-20-11(2)12(16(25)21-14)9-15(24)22-8-5-13(23)18(10-22)6-4-7-19-17(18)26/h13,23H,3-10H2,1-2H3,(H,19,26)(H,20,21,25)/t13-,18+/m0/s1. The number of aliphatic hydroxyl groups is 1. The number of rotatable bonds is 3. The van der Waals surface area contributed by atoms with Gasteiger partial charge in [-0.1, -0.05) is 6.92 Å². The summed E-state index contributed by atoms with van der Waals surface area (Å²) in [5.74, 6) is 0.202. The lowest BCUT2D eigenvalue weighted by Crippen LogP contribution is -2.62. The van der Waals surface area contributed by atoms with Crippen LogP contribution in [0.3, 0.4) is 0 Å². The molecule has 8 nitrogen and oxygen atoms in total. The first-order valence-electron chi connectivity index (χ1n) is 9.20. The van der Waals surface area contributed by atoms with Crippen molar-refractivity contribution in [2.24, 2.45) is 5.41 Å². The summed E-state index contributed by atoms with van der Waals surface area (Å²) in [4.78, 5) is 46.1. The second-order valence-corrected chi connectivity index (χ2v) is 7.24. The number of piperidine rings is 2. The van der Waals surface area contributed by atoms with Gasteiger partial charge in [0, 0.05) is 37.3 Å². The molecule has 2 saturated heterocycles. The van der Waals surface area contributed by atoms with E-state index in [1.165, 1.54) is 0 Å². The lowest BCUT2D eigenvalue weighted by atomic mass is 9.71. The molecule has 8 heteroatoms. The molecule has 2 fully saturated rings. The highest BCUT2D eigenvalue weighted by Gasteiger charge is 2.50. The first kappa shape index (κ1) is 18.6. The maximum atomic E-state index is 12.8. The Morgan fingerprint density at radius 3 is 2.85 bits per heavy atom. The van der Waals surface area contributed by atoms with Crippen LogP contribution in [0.4, 0.5) is 0 Å². The van der Waals surface area contributed by atoms with Crippen LogP contribution in [0.25, 0.3) is 0 Å². The molecule has 26 heavy (non-hydrogen) atoms. The van der Waals surface area contributed by atoms with Crippen LogP contribution >= 0.6 is 0 Å². The van der Waals surface area contributed by atoms with Gasteiger partial charge in [-0.05, 0) is 26.2 Å². The van der Waals surface area contributed by atoms with E-state index in [0.29, 0.717) is 49.4 Å². The largest absolute Gasteiger partial charge is 0.392 e. The second kappa shape index (κ2) is 7.19. The van der Waals surface area contributed by atoms with Gasteiger partial charge in [0.1, 0.15) is 5.82 Å². The Hall–Kier alpha value is -2.22. The van der Waals surface area contributed by atoms with Gasteiger partial charge in [-0.15, -0.1) is 0 Å². The summed E-state index contributed by atoms with van der Waals surface area (Å²) in [6, 6.07) is 0. The third-order valence-corrected chi connectivity index (χ3v) is 5.61. The molecular weight excluding hydrogens is 336 g/mol. The van der Waals surface area contributed by atoms with Crippen LogP contribution in [0.1, 0.15) is 43.3 Å². The molecule has 1 aromatic heterocycles. The molecule has 1 spiro atoms. The molecule has 0 unspecified atom stereocenters. The minimum Gasteiger partial charge on any atom is -0.392 e. The van der Waals surface area contributed by atoms with Crippen molar-refractivity contribution >= 4 is 11.8 Å². The van der Waals surface area contributed by atoms with Crippen molar-refractivity contribution in [3.63, 3.8) is 0 Å². The number of aromatic amines is 1. The Balaban J connectivity index is 1.78. The maximum absolute atomic E-state index is 12.8. The van der Waals surface area contributed by atoms with Gasteiger partial charge >= 0.3 is 0 Å². The van der Waals surface area contributed by atoms with Crippen LogP contribution in [0.5, 0.6) is 0 Å². The van der Waals surface area contributed by atoms with E-state index in [0.717, 1.165) is 6.42 Å². The summed E-state index contributed by atoms with van der Waals surface area (Å²) in [7, 11) is 0. The summed E-state index contributed by atoms with van der Waals surface area (Å²) in [6.07, 6.45) is 1.53. The van der Waals surface area contributed by atoms with Crippen molar-refractivity contribution in [3.8, 4) is 0 Å². The zero-order valence-electron chi connectivity index (χ0n) is 15.3. The van der Waals surface area contributed by atoms with Crippen molar-refractivity contribution in [1.82, 2.24) is 20.2 Å². The minimum absolute atomic E-state index is 0.0496. The molecule has 0 radical (unpaired) electrons. The zero-order chi connectivity index (χ0) is 18.9. The molecule has 0 aromatic carbocycles. The predicted octanol–water partition coefficient (Wildman–Crippen LogP) is -0.327. The van der Waals surface area contributed by atoms with Gasteiger partial charge in [0.25, 0.3) is 5.56 Å². The lowest BCUT2D eigenvalue weighted by Gasteiger charge is -2.46. The normalized spacial score (nSPS) is 26.0. The molecule has 2 atom stereocenters. The van der Waals surface area contributed by atoms with Gasteiger partial charge in [-0.25, -0.2) is 4.98 Å². The number of carbonyl (C=O) groups is 2. The van der Waals surface area contributed by atoms with E-state index in [1.54, 1.807) is 11.8 Å². The number of aliphatic hydroxyl groups excluding tert-OH is 1. The topological polar surface area (TPSA) is 115 Å². The van der Waals surface area contributed by atoms with E-state index in [1.807, 2.05) is 6.92 Å². The van der Waals surface area contributed by atoms with E-state index in [4.69, 9.17) is 0 Å². The minimum atomic E-state index is -0.933. The summed E-state index contributed by atoms with van der Waals surface area (Å²) in [5.41, 5.74) is -0.302. The van der Waals surface area contributed by atoms with E-state index in [9.17, 15) is 19.5 Å². The van der Waals surface area contributed by atoms with Gasteiger partial charge in [0.05, 0.1) is 17.9 Å². The number of aryl methyl sites for hydroxylation is 2. The summed E-state index contributed by atoms with van der Waals surface area (Å²) in [5, 5.41) is 13.2. The van der Waals surface area contributed by atoms with Crippen LogP contribution in [-0.2, 0) is 22.4 Å². The molecule has 0 bridgehead atoms. The van der Waals surface area contributed by atoms with Gasteiger partial charge < -0.3 is 20.3 Å². The van der Waals surface area contributed by atoms with Crippen LogP contribution in [0.2, 0.25) is 0 Å². The van der Waals surface area contributed by atoms with Crippen LogP contribution in [0, 0.1) is 12.3 Å². The SMILES string of the molecule is CCc1nc(C)c(CC(=O)N2CC[C@H](O)[C@@]3(CCCNC3=O)C2)c(=O)[nH]1. The number of carbonyl (C=O) groups excluding carboxylic acids is 2. The van der Waals surface area contributed by atoms with Gasteiger partial charge in [0.2, 0.25) is 11.8 Å². The maximum Gasteiger partial charge on any atom is 0.254 e. The molecule has 2 aliphatic heterocycles. The Bertz CT molecular complexity index is 775. The molecule has 2 amide bonds. The van der Waals surface area contributed by atoms with E-state index in [2.05, 4.69) is 15.3 Å². The number of nitrogens with zero attached hydrogens (tertiary/aromatic N) is 2. The van der Waals surface area contributed by atoms with Crippen LogP contribution in [0.15, 0.2) is 4.79 Å². The van der Waals surface area contributed by atoms with Crippen molar-refractivity contribution in [2.45, 2.75) is 52.1 Å². The van der Waals surface area contributed by atoms with Gasteiger partial charge in [0.15, 0.2) is 0 Å². The highest BCUT2D eigenvalue weighted by molar-refractivity contribution is 5.86. The average Bonchev–Trinajstić information content (AvgIpc) is 2.62. The van der Waals surface area contributed by atoms with Gasteiger partial charge in [-0.3, -0.25) is 14.4 Å². The number of H-pyrrole nitrogens is 1. The fourth-order valence-electron chi connectivity index (χ4n) is 3.96. The molecule has 0 aliphatic carbocycles. The van der Waals surface area contributed by atoms with Crippen molar-refractivity contribution in [1.29, 1.82) is 0 Å². The monoisotopic (exact) mass is 362 g/mol. The first-order chi connectivity index (χ1) is 12.4. The predicted molar refractivity (Wildman–Crippen MR) is 94.6 cm³/mol. The molecular formula is C18H26N4O4. The number of aromatic nitrogens is 2. The fourth-order valence-corrected chi connectivity index (χ4v) is 3.96. The third-order valence-electron chi connectivity index (χ3n) is 5.61. The van der Waals surface area contributed by atoms with Gasteiger partial charge in [-0.2, -0.15) is 0 Å². The molecule has 2 aliphatic rings. The van der Waals surface area contributed by atoms with Crippen molar-refractivity contribution in [3.05, 3.63) is 27.4 Å².